The molecule has 1 N–H and O–H groups in total. The fourth-order valence-corrected chi connectivity index (χ4v) is 2.71. The molecule has 0 amide bonds. The van der Waals surface area contributed by atoms with Crippen molar-refractivity contribution in [3.63, 3.8) is 0 Å². The summed E-state index contributed by atoms with van der Waals surface area (Å²) in [5.41, 5.74) is 0.176. The van der Waals surface area contributed by atoms with E-state index in [1.165, 1.54) is 0 Å². The Bertz CT molecular complexity index is 444. The minimum atomic E-state index is -0.717. The Balaban J connectivity index is 2.25. The van der Waals surface area contributed by atoms with E-state index in [1.54, 1.807) is 0 Å². The van der Waals surface area contributed by atoms with E-state index < -0.39 is 11.5 Å². The summed E-state index contributed by atoms with van der Waals surface area (Å²) in [6, 6.07) is 9.77. The van der Waals surface area contributed by atoms with Gasteiger partial charge in [-0.25, -0.2) is 0 Å². The van der Waals surface area contributed by atoms with Gasteiger partial charge in [0.25, 0.3) is 0 Å². The standard InChI is InChI=1S/C15H19NO2/c1-2-18-13-7-5-6-12(10-13)14(17)15(11-16)8-3-4-9-15/h5-7,10,14,17H,2-4,8-9H2,1H3. The molecule has 0 aliphatic heterocycles. The van der Waals surface area contributed by atoms with Crippen LogP contribution in [-0.2, 0) is 0 Å². The molecule has 1 saturated carbocycles. The molecule has 2 rings (SSSR count). The van der Waals surface area contributed by atoms with E-state index in [1.807, 2.05) is 31.2 Å². The third kappa shape index (κ3) is 2.34. The quantitative estimate of drug-likeness (QED) is 0.886. The average Bonchev–Trinajstić information content (AvgIpc) is 2.88. The molecule has 0 radical (unpaired) electrons. The van der Waals surface area contributed by atoms with Crippen LogP contribution < -0.4 is 4.74 Å². The zero-order valence-electron chi connectivity index (χ0n) is 10.7. The molecule has 0 bridgehead atoms. The Morgan fingerprint density at radius 1 is 1.44 bits per heavy atom. The smallest absolute Gasteiger partial charge is 0.119 e. The third-order valence-corrected chi connectivity index (χ3v) is 3.73. The first-order chi connectivity index (χ1) is 8.72. The molecule has 96 valence electrons. The Hall–Kier alpha value is -1.53. The fourth-order valence-electron chi connectivity index (χ4n) is 2.71. The number of nitriles is 1. The van der Waals surface area contributed by atoms with E-state index in [9.17, 15) is 10.4 Å². The van der Waals surface area contributed by atoms with E-state index in [0.29, 0.717) is 6.61 Å². The number of benzene rings is 1. The second-order valence-corrected chi connectivity index (χ2v) is 4.88. The highest BCUT2D eigenvalue weighted by Crippen LogP contribution is 2.47. The molecule has 1 unspecified atom stereocenters. The van der Waals surface area contributed by atoms with E-state index in [-0.39, 0.29) is 0 Å². The molecule has 3 heteroatoms. The van der Waals surface area contributed by atoms with Gasteiger partial charge in [0, 0.05) is 0 Å². The van der Waals surface area contributed by atoms with Gasteiger partial charge >= 0.3 is 0 Å². The second-order valence-electron chi connectivity index (χ2n) is 4.88. The summed E-state index contributed by atoms with van der Waals surface area (Å²) in [6.45, 7) is 2.53. The summed E-state index contributed by atoms with van der Waals surface area (Å²) in [4.78, 5) is 0. The summed E-state index contributed by atoms with van der Waals surface area (Å²) < 4.78 is 5.43. The number of ether oxygens (including phenoxy) is 1. The predicted molar refractivity (Wildman–Crippen MR) is 69.1 cm³/mol. The SMILES string of the molecule is CCOc1cccc(C(O)C2(C#N)CCCC2)c1. The highest BCUT2D eigenvalue weighted by molar-refractivity contribution is 5.32. The van der Waals surface area contributed by atoms with Crippen LogP contribution in [0, 0.1) is 16.7 Å². The first-order valence-corrected chi connectivity index (χ1v) is 6.54. The van der Waals surface area contributed by atoms with E-state index >= 15 is 0 Å². The zero-order valence-corrected chi connectivity index (χ0v) is 10.7. The van der Waals surface area contributed by atoms with E-state index in [2.05, 4.69) is 6.07 Å². The van der Waals surface area contributed by atoms with Crippen molar-refractivity contribution < 1.29 is 9.84 Å². The van der Waals surface area contributed by atoms with Crippen molar-refractivity contribution in [1.82, 2.24) is 0 Å². The lowest BCUT2D eigenvalue weighted by Gasteiger charge is -2.27. The number of nitrogens with zero attached hydrogens (tertiary/aromatic N) is 1. The maximum absolute atomic E-state index is 10.5. The molecule has 1 fully saturated rings. The van der Waals surface area contributed by atoms with Crippen LogP contribution in [0.1, 0.15) is 44.3 Å². The summed E-state index contributed by atoms with van der Waals surface area (Å²) in [7, 11) is 0. The maximum Gasteiger partial charge on any atom is 0.119 e. The van der Waals surface area contributed by atoms with Gasteiger partial charge < -0.3 is 9.84 Å². The summed E-state index contributed by atoms with van der Waals surface area (Å²) in [6.07, 6.45) is 2.89. The van der Waals surface area contributed by atoms with E-state index in [0.717, 1.165) is 37.0 Å². The highest BCUT2D eigenvalue weighted by atomic mass is 16.5. The molecule has 0 saturated heterocycles. The van der Waals surface area contributed by atoms with Crippen LogP contribution in [-0.4, -0.2) is 11.7 Å². The Kier molecular flexibility index (Phi) is 3.88. The van der Waals surface area contributed by atoms with Crippen LogP contribution in [0.15, 0.2) is 24.3 Å². The van der Waals surface area contributed by atoms with Gasteiger partial charge in [0.15, 0.2) is 0 Å². The van der Waals surface area contributed by atoms with Gasteiger partial charge in [-0.1, -0.05) is 25.0 Å². The molecule has 0 heterocycles. The first-order valence-electron chi connectivity index (χ1n) is 6.54. The van der Waals surface area contributed by atoms with Crippen LogP contribution in [0.2, 0.25) is 0 Å². The number of rotatable bonds is 4. The molecule has 1 aromatic carbocycles. The number of hydrogen-bond acceptors (Lipinski definition) is 3. The molecule has 18 heavy (non-hydrogen) atoms. The van der Waals surface area contributed by atoms with Gasteiger partial charge in [0.2, 0.25) is 0 Å². The van der Waals surface area contributed by atoms with E-state index in [4.69, 9.17) is 4.74 Å². The molecule has 1 aliphatic rings. The maximum atomic E-state index is 10.5. The minimum absolute atomic E-state index is 0.600. The molecular weight excluding hydrogens is 226 g/mol. The molecule has 1 atom stereocenters. The van der Waals surface area contributed by atoms with Crippen molar-refractivity contribution >= 4 is 0 Å². The van der Waals surface area contributed by atoms with Crippen LogP contribution >= 0.6 is 0 Å². The Labute approximate surface area is 108 Å². The zero-order chi connectivity index (χ0) is 13.0. The van der Waals surface area contributed by atoms with Gasteiger partial charge in [-0.2, -0.15) is 5.26 Å². The topological polar surface area (TPSA) is 53.2 Å². The first kappa shape index (κ1) is 12.9. The molecule has 3 nitrogen and oxygen atoms in total. The van der Waals surface area contributed by atoms with Gasteiger partial charge in [0.05, 0.1) is 24.2 Å². The fraction of sp³-hybridized carbons (Fsp3) is 0.533. The molecular formula is C15H19NO2. The lowest BCUT2D eigenvalue weighted by atomic mass is 9.79. The largest absolute Gasteiger partial charge is 0.494 e. The molecule has 1 aliphatic carbocycles. The van der Waals surface area contributed by atoms with Crippen LogP contribution in [0.25, 0.3) is 0 Å². The van der Waals surface area contributed by atoms with Crippen molar-refractivity contribution in [3.8, 4) is 11.8 Å². The van der Waals surface area contributed by atoms with Gasteiger partial charge in [-0.15, -0.1) is 0 Å². The predicted octanol–water partition coefficient (Wildman–Crippen LogP) is 3.20. The van der Waals surface area contributed by atoms with Crippen LogP contribution in [0.5, 0.6) is 5.75 Å². The van der Waals surface area contributed by atoms with Gasteiger partial charge in [0.1, 0.15) is 5.75 Å². The van der Waals surface area contributed by atoms with Gasteiger partial charge in [-0.3, -0.25) is 0 Å². The monoisotopic (exact) mass is 245 g/mol. The number of aliphatic hydroxyl groups is 1. The molecule has 1 aromatic rings. The second kappa shape index (κ2) is 5.41. The van der Waals surface area contributed by atoms with Crippen molar-refractivity contribution in [2.75, 3.05) is 6.61 Å². The van der Waals surface area contributed by atoms with Gasteiger partial charge in [-0.05, 0) is 37.5 Å². The normalized spacial score (nSPS) is 19.2. The van der Waals surface area contributed by atoms with Crippen molar-refractivity contribution in [2.24, 2.45) is 5.41 Å². The van der Waals surface area contributed by atoms with Crippen LogP contribution in [0.4, 0.5) is 0 Å². The third-order valence-electron chi connectivity index (χ3n) is 3.73. The number of hydrogen-bond donors (Lipinski definition) is 1. The molecule has 0 spiro atoms. The average molecular weight is 245 g/mol. The minimum Gasteiger partial charge on any atom is -0.494 e. The lowest BCUT2D eigenvalue weighted by molar-refractivity contribution is 0.0668. The summed E-state index contributed by atoms with van der Waals surface area (Å²) in [5.74, 6) is 0.750. The summed E-state index contributed by atoms with van der Waals surface area (Å²) >= 11 is 0. The van der Waals surface area contributed by atoms with Crippen molar-refractivity contribution in [1.29, 1.82) is 5.26 Å². The Morgan fingerprint density at radius 2 is 2.17 bits per heavy atom. The lowest BCUT2D eigenvalue weighted by Crippen LogP contribution is -2.23. The Morgan fingerprint density at radius 3 is 2.78 bits per heavy atom. The molecule has 0 aromatic heterocycles. The van der Waals surface area contributed by atoms with Crippen molar-refractivity contribution in [2.45, 2.75) is 38.7 Å². The van der Waals surface area contributed by atoms with Crippen LogP contribution in [0.3, 0.4) is 0 Å². The van der Waals surface area contributed by atoms with Crippen molar-refractivity contribution in [3.05, 3.63) is 29.8 Å². The number of aliphatic hydroxyl groups excluding tert-OH is 1. The summed E-state index contributed by atoms with van der Waals surface area (Å²) in [5, 5.41) is 19.9. The highest BCUT2D eigenvalue weighted by Gasteiger charge is 2.41.